The first-order valence-electron chi connectivity index (χ1n) is 5.50. The van der Waals surface area contributed by atoms with Gasteiger partial charge in [-0.15, -0.1) is 11.3 Å². The molecule has 0 radical (unpaired) electrons. The molecule has 2 N–H and O–H groups in total. The second kappa shape index (κ2) is 3.29. The predicted molar refractivity (Wildman–Crippen MR) is 64.8 cm³/mol. The molecule has 2 nitrogen and oxygen atoms in total. The maximum Gasteiger partial charge on any atom is 0.0794 e. The Morgan fingerprint density at radius 3 is 2.40 bits per heavy atom. The van der Waals surface area contributed by atoms with Crippen molar-refractivity contribution in [3.05, 3.63) is 16.6 Å². The lowest BCUT2D eigenvalue weighted by molar-refractivity contribution is 0.457. The van der Waals surface area contributed by atoms with Crippen LogP contribution < -0.4 is 5.73 Å². The lowest BCUT2D eigenvalue weighted by Gasteiger charge is -2.12. The molecule has 1 atom stereocenters. The van der Waals surface area contributed by atoms with Crippen LogP contribution in [0.1, 0.15) is 32.6 Å². The predicted octanol–water partition coefficient (Wildman–Crippen LogP) is 2.70. The van der Waals surface area contributed by atoms with E-state index in [1.54, 1.807) is 11.3 Å². The summed E-state index contributed by atoms with van der Waals surface area (Å²) in [6.07, 6.45) is 2.91. The van der Waals surface area contributed by atoms with E-state index in [0.717, 1.165) is 6.42 Å². The number of thiazole rings is 1. The van der Waals surface area contributed by atoms with E-state index in [2.05, 4.69) is 32.7 Å². The van der Waals surface area contributed by atoms with E-state index in [4.69, 9.17) is 5.73 Å². The Balaban J connectivity index is 2.02. The van der Waals surface area contributed by atoms with Gasteiger partial charge in [0.2, 0.25) is 0 Å². The van der Waals surface area contributed by atoms with Crippen LogP contribution in [0.15, 0.2) is 11.7 Å². The maximum atomic E-state index is 6.30. The molecular formula is C12H20N2S. The summed E-state index contributed by atoms with van der Waals surface area (Å²) < 4.78 is 0. The Labute approximate surface area is 95.9 Å². The molecule has 1 heterocycles. The van der Waals surface area contributed by atoms with E-state index in [0.29, 0.717) is 16.7 Å². The third-order valence-corrected chi connectivity index (χ3v) is 5.28. The minimum atomic E-state index is 0.274. The van der Waals surface area contributed by atoms with Gasteiger partial charge in [0.25, 0.3) is 0 Å². The largest absolute Gasteiger partial charge is 0.327 e. The van der Waals surface area contributed by atoms with Gasteiger partial charge in [0.1, 0.15) is 0 Å². The lowest BCUT2D eigenvalue weighted by atomic mass is 10.0. The third-order valence-electron chi connectivity index (χ3n) is 4.48. The van der Waals surface area contributed by atoms with E-state index in [1.807, 2.05) is 11.7 Å². The first-order chi connectivity index (χ1) is 6.87. The van der Waals surface area contributed by atoms with E-state index in [-0.39, 0.29) is 6.04 Å². The Bertz CT molecular complexity index is 327. The van der Waals surface area contributed by atoms with Crippen molar-refractivity contribution in [2.24, 2.45) is 22.5 Å². The molecule has 1 unspecified atom stereocenters. The van der Waals surface area contributed by atoms with Crippen LogP contribution in [0.4, 0.5) is 0 Å². The Morgan fingerprint density at radius 1 is 1.40 bits per heavy atom. The number of nitrogens with two attached hydrogens (primary N) is 1. The summed E-state index contributed by atoms with van der Waals surface area (Å²) in [4.78, 5) is 5.40. The average Bonchev–Trinajstić information content (AvgIpc) is 2.53. The topological polar surface area (TPSA) is 38.9 Å². The first kappa shape index (κ1) is 11.1. The molecular weight excluding hydrogens is 204 g/mol. The fourth-order valence-electron chi connectivity index (χ4n) is 3.01. The van der Waals surface area contributed by atoms with Crippen LogP contribution in [0.25, 0.3) is 0 Å². The highest BCUT2D eigenvalue weighted by Crippen LogP contribution is 2.69. The molecule has 1 aliphatic rings. The van der Waals surface area contributed by atoms with Crippen molar-refractivity contribution in [1.82, 2.24) is 4.98 Å². The quantitative estimate of drug-likeness (QED) is 0.857. The molecule has 3 heteroatoms. The molecule has 0 aliphatic heterocycles. The monoisotopic (exact) mass is 224 g/mol. The van der Waals surface area contributed by atoms with Crippen LogP contribution in [0.5, 0.6) is 0 Å². The molecule has 0 amide bonds. The molecule has 84 valence electrons. The van der Waals surface area contributed by atoms with Crippen molar-refractivity contribution in [2.45, 2.75) is 40.2 Å². The van der Waals surface area contributed by atoms with E-state index in [1.165, 1.54) is 4.88 Å². The summed E-state index contributed by atoms with van der Waals surface area (Å²) in [7, 11) is 0. The summed E-state index contributed by atoms with van der Waals surface area (Å²) >= 11 is 1.71. The van der Waals surface area contributed by atoms with E-state index >= 15 is 0 Å². The van der Waals surface area contributed by atoms with Crippen LogP contribution in [0.2, 0.25) is 0 Å². The first-order valence-corrected chi connectivity index (χ1v) is 6.38. The van der Waals surface area contributed by atoms with Crippen molar-refractivity contribution in [3.8, 4) is 0 Å². The second-order valence-electron chi connectivity index (χ2n) is 5.76. The van der Waals surface area contributed by atoms with Gasteiger partial charge >= 0.3 is 0 Å². The van der Waals surface area contributed by atoms with Gasteiger partial charge in [-0.1, -0.05) is 27.7 Å². The van der Waals surface area contributed by atoms with Gasteiger partial charge in [-0.2, -0.15) is 0 Å². The summed E-state index contributed by atoms with van der Waals surface area (Å²) in [6, 6.07) is 0.274. The molecule has 15 heavy (non-hydrogen) atoms. The Hall–Kier alpha value is -0.410. The van der Waals surface area contributed by atoms with Gasteiger partial charge in [-0.05, 0) is 23.2 Å². The highest BCUT2D eigenvalue weighted by atomic mass is 32.1. The number of hydrogen-bond donors (Lipinski definition) is 1. The molecule has 1 aromatic rings. The van der Waals surface area contributed by atoms with Crippen molar-refractivity contribution in [2.75, 3.05) is 0 Å². The van der Waals surface area contributed by atoms with Gasteiger partial charge < -0.3 is 5.73 Å². The third kappa shape index (κ3) is 1.62. The van der Waals surface area contributed by atoms with Crippen LogP contribution >= 0.6 is 11.3 Å². The normalized spacial score (nSPS) is 25.1. The fraction of sp³-hybridized carbons (Fsp3) is 0.750. The zero-order chi connectivity index (χ0) is 11.3. The summed E-state index contributed by atoms with van der Waals surface area (Å²) in [5, 5.41) is 0. The highest BCUT2D eigenvalue weighted by molar-refractivity contribution is 7.09. The van der Waals surface area contributed by atoms with Gasteiger partial charge in [0, 0.05) is 17.1 Å². The lowest BCUT2D eigenvalue weighted by Crippen LogP contribution is -2.28. The van der Waals surface area contributed by atoms with Gasteiger partial charge in [0.15, 0.2) is 0 Å². The number of hydrogen-bond acceptors (Lipinski definition) is 3. The highest BCUT2D eigenvalue weighted by Gasteiger charge is 2.66. The summed E-state index contributed by atoms with van der Waals surface area (Å²) in [5.41, 5.74) is 8.95. The number of rotatable bonds is 3. The Kier molecular flexibility index (Phi) is 2.43. The molecule has 0 bridgehead atoms. The minimum Gasteiger partial charge on any atom is -0.327 e. The SMILES string of the molecule is CC1(C)C(C(N)Cc2cncs2)C1(C)C. The molecule has 1 aliphatic carbocycles. The maximum absolute atomic E-state index is 6.30. The van der Waals surface area contributed by atoms with Crippen molar-refractivity contribution < 1.29 is 0 Å². The zero-order valence-corrected chi connectivity index (χ0v) is 10.8. The van der Waals surface area contributed by atoms with Crippen LogP contribution in [0, 0.1) is 16.7 Å². The smallest absolute Gasteiger partial charge is 0.0794 e. The van der Waals surface area contributed by atoms with E-state index < -0.39 is 0 Å². The molecule has 1 saturated carbocycles. The summed E-state index contributed by atoms with van der Waals surface area (Å²) in [6.45, 7) is 9.29. The van der Waals surface area contributed by atoms with Crippen molar-refractivity contribution in [3.63, 3.8) is 0 Å². The number of aromatic nitrogens is 1. The molecule has 2 rings (SSSR count). The van der Waals surface area contributed by atoms with Crippen LogP contribution in [-0.4, -0.2) is 11.0 Å². The van der Waals surface area contributed by atoms with Gasteiger partial charge in [-0.3, -0.25) is 4.98 Å². The van der Waals surface area contributed by atoms with Crippen molar-refractivity contribution >= 4 is 11.3 Å². The Morgan fingerprint density at radius 2 is 2.00 bits per heavy atom. The minimum absolute atomic E-state index is 0.274. The molecule has 0 spiro atoms. The summed E-state index contributed by atoms with van der Waals surface area (Å²) in [5.74, 6) is 0.632. The second-order valence-corrected chi connectivity index (χ2v) is 6.73. The number of nitrogens with zero attached hydrogens (tertiary/aromatic N) is 1. The van der Waals surface area contributed by atoms with E-state index in [9.17, 15) is 0 Å². The standard InChI is InChI=1S/C12H20N2S/c1-11(2)10(12(11,3)4)9(13)5-8-6-14-7-15-8/h6-7,9-10H,5,13H2,1-4H3. The fourth-order valence-corrected chi connectivity index (χ4v) is 3.68. The van der Waals surface area contributed by atoms with Crippen LogP contribution in [-0.2, 0) is 6.42 Å². The average molecular weight is 224 g/mol. The zero-order valence-electron chi connectivity index (χ0n) is 9.95. The molecule has 1 aromatic heterocycles. The van der Waals surface area contributed by atoms with Crippen molar-refractivity contribution in [1.29, 1.82) is 0 Å². The van der Waals surface area contributed by atoms with Gasteiger partial charge in [-0.25, -0.2) is 0 Å². The molecule has 0 aromatic carbocycles. The molecule has 1 fully saturated rings. The molecule has 0 saturated heterocycles. The van der Waals surface area contributed by atoms with Gasteiger partial charge in [0.05, 0.1) is 5.51 Å². The van der Waals surface area contributed by atoms with Crippen LogP contribution in [0.3, 0.4) is 0 Å².